The fraction of sp³-hybridized carbons (Fsp3) is 0.562. The number of nitrogens with one attached hydrogen (secondary N) is 1. The largest absolute Gasteiger partial charge is 0.389 e. The molecule has 1 fully saturated rings. The topological polar surface area (TPSA) is 38.0 Å². The molecule has 1 aromatic carbocycles. The molecule has 0 heterocycles. The van der Waals surface area contributed by atoms with Crippen LogP contribution in [0.15, 0.2) is 18.2 Å². The van der Waals surface area contributed by atoms with Crippen molar-refractivity contribution in [2.75, 3.05) is 5.32 Å². The predicted molar refractivity (Wildman–Crippen MR) is 86.7 cm³/mol. The second-order valence-corrected chi connectivity index (χ2v) is 6.31. The zero-order valence-electron chi connectivity index (χ0n) is 11.9. The highest BCUT2D eigenvalue weighted by Gasteiger charge is 2.17. The van der Waals surface area contributed by atoms with Gasteiger partial charge in [-0.25, -0.2) is 0 Å². The van der Waals surface area contributed by atoms with Gasteiger partial charge in [0.25, 0.3) is 0 Å². The Hall–Kier alpha value is -1.09. The number of nitrogens with two attached hydrogens (primary N) is 1. The maximum atomic E-state index is 5.83. The van der Waals surface area contributed by atoms with Crippen molar-refractivity contribution < 1.29 is 0 Å². The van der Waals surface area contributed by atoms with E-state index in [1.807, 2.05) is 0 Å². The van der Waals surface area contributed by atoms with Crippen LogP contribution in [0.2, 0.25) is 0 Å². The van der Waals surface area contributed by atoms with E-state index >= 15 is 0 Å². The summed E-state index contributed by atoms with van der Waals surface area (Å²) < 4.78 is 0. The Balaban J connectivity index is 2.12. The number of benzene rings is 1. The van der Waals surface area contributed by atoms with Gasteiger partial charge in [0.05, 0.1) is 0 Å². The molecule has 3 heteroatoms. The van der Waals surface area contributed by atoms with Gasteiger partial charge in [-0.05, 0) is 44.2 Å². The monoisotopic (exact) mass is 276 g/mol. The van der Waals surface area contributed by atoms with E-state index < -0.39 is 0 Å². The van der Waals surface area contributed by atoms with E-state index in [4.69, 9.17) is 18.0 Å². The van der Waals surface area contributed by atoms with Gasteiger partial charge in [0.1, 0.15) is 4.99 Å². The van der Waals surface area contributed by atoms with Crippen LogP contribution < -0.4 is 11.1 Å². The van der Waals surface area contributed by atoms with Crippen molar-refractivity contribution in [1.82, 2.24) is 0 Å². The third kappa shape index (κ3) is 3.93. The number of hydrogen-bond donors (Lipinski definition) is 2. The maximum Gasteiger partial charge on any atom is 0.106 e. The second kappa shape index (κ2) is 6.38. The molecule has 2 rings (SSSR count). The van der Waals surface area contributed by atoms with Gasteiger partial charge in [-0.3, -0.25) is 0 Å². The van der Waals surface area contributed by atoms with Gasteiger partial charge in [0, 0.05) is 17.3 Å². The highest BCUT2D eigenvalue weighted by atomic mass is 32.1. The first-order chi connectivity index (χ1) is 9.06. The van der Waals surface area contributed by atoms with Gasteiger partial charge in [0.2, 0.25) is 0 Å². The van der Waals surface area contributed by atoms with Crippen LogP contribution >= 0.6 is 12.2 Å². The molecule has 0 saturated heterocycles. The molecule has 19 heavy (non-hydrogen) atoms. The van der Waals surface area contributed by atoms with Crippen molar-refractivity contribution in [3.63, 3.8) is 0 Å². The Bertz CT molecular complexity index is 456. The standard InChI is InChI=1S/C16H24N2S/c1-11-4-3-5-13(8-6-11)18-15-9-7-12(2)10-14(15)16(17)19/h7,9-11,13,18H,3-6,8H2,1-2H3,(H2,17,19). The smallest absolute Gasteiger partial charge is 0.106 e. The summed E-state index contributed by atoms with van der Waals surface area (Å²) >= 11 is 5.16. The van der Waals surface area contributed by atoms with Gasteiger partial charge in [0.15, 0.2) is 0 Å². The lowest BCUT2D eigenvalue weighted by Crippen LogP contribution is -2.21. The predicted octanol–water partition coefficient (Wildman–Crippen LogP) is 4.01. The van der Waals surface area contributed by atoms with Gasteiger partial charge < -0.3 is 11.1 Å². The summed E-state index contributed by atoms with van der Waals surface area (Å²) in [5, 5.41) is 3.65. The summed E-state index contributed by atoms with van der Waals surface area (Å²) in [6.45, 7) is 4.42. The van der Waals surface area contributed by atoms with Crippen molar-refractivity contribution in [3.8, 4) is 0 Å². The van der Waals surface area contributed by atoms with E-state index in [1.54, 1.807) is 0 Å². The fourth-order valence-electron chi connectivity index (χ4n) is 2.84. The highest BCUT2D eigenvalue weighted by Crippen LogP contribution is 2.26. The van der Waals surface area contributed by atoms with Crippen molar-refractivity contribution in [1.29, 1.82) is 0 Å². The van der Waals surface area contributed by atoms with E-state index in [1.165, 1.54) is 37.7 Å². The first-order valence-corrected chi connectivity index (χ1v) is 7.64. The summed E-state index contributed by atoms with van der Waals surface area (Å²) in [5.74, 6) is 0.861. The third-order valence-electron chi connectivity index (χ3n) is 4.06. The minimum absolute atomic E-state index is 0.480. The van der Waals surface area contributed by atoms with Crippen molar-refractivity contribution in [2.45, 2.75) is 52.0 Å². The summed E-state index contributed by atoms with van der Waals surface area (Å²) in [6.07, 6.45) is 6.47. The Morgan fingerprint density at radius 3 is 2.79 bits per heavy atom. The lowest BCUT2D eigenvalue weighted by Gasteiger charge is -2.20. The van der Waals surface area contributed by atoms with E-state index in [2.05, 4.69) is 37.4 Å². The Kier molecular flexibility index (Phi) is 4.81. The molecular weight excluding hydrogens is 252 g/mol. The van der Waals surface area contributed by atoms with Crippen LogP contribution in [0.3, 0.4) is 0 Å². The van der Waals surface area contributed by atoms with Crippen molar-refractivity contribution in [2.24, 2.45) is 11.7 Å². The summed E-state index contributed by atoms with van der Waals surface area (Å²) in [6, 6.07) is 6.85. The van der Waals surface area contributed by atoms with E-state index in [0.717, 1.165) is 17.2 Å². The van der Waals surface area contributed by atoms with Gasteiger partial charge in [-0.1, -0.05) is 43.6 Å². The zero-order valence-corrected chi connectivity index (χ0v) is 12.7. The first-order valence-electron chi connectivity index (χ1n) is 7.23. The quantitative estimate of drug-likeness (QED) is 0.647. The van der Waals surface area contributed by atoms with Crippen LogP contribution in [0.4, 0.5) is 5.69 Å². The lowest BCUT2D eigenvalue weighted by molar-refractivity contribution is 0.502. The van der Waals surface area contributed by atoms with Crippen molar-refractivity contribution >= 4 is 22.9 Å². The molecule has 2 unspecified atom stereocenters. The number of anilines is 1. The summed E-state index contributed by atoms with van der Waals surface area (Å²) in [7, 11) is 0. The number of rotatable bonds is 3. The first kappa shape index (κ1) is 14.3. The molecule has 0 radical (unpaired) electrons. The summed E-state index contributed by atoms with van der Waals surface area (Å²) in [4.78, 5) is 0.480. The van der Waals surface area contributed by atoms with E-state index in [-0.39, 0.29) is 0 Å². The zero-order chi connectivity index (χ0) is 13.8. The van der Waals surface area contributed by atoms with E-state index in [9.17, 15) is 0 Å². The Labute approximate surface area is 121 Å². The minimum Gasteiger partial charge on any atom is -0.389 e. The number of aryl methyl sites for hydroxylation is 1. The van der Waals surface area contributed by atoms with Crippen LogP contribution in [0.25, 0.3) is 0 Å². The molecule has 3 N–H and O–H groups in total. The van der Waals surface area contributed by atoms with E-state index in [0.29, 0.717) is 11.0 Å². The van der Waals surface area contributed by atoms with Crippen LogP contribution in [0.1, 0.15) is 50.2 Å². The average molecular weight is 276 g/mol. The molecule has 2 atom stereocenters. The molecule has 104 valence electrons. The maximum absolute atomic E-state index is 5.83. The minimum atomic E-state index is 0.480. The van der Waals surface area contributed by atoms with Gasteiger partial charge in [-0.15, -0.1) is 0 Å². The third-order valence-corrected chi connectivity index (χ3v) is 4.28. The van der Waals surface area contributed by atoms with Crippen LogP contribution in [0.5, 0.6) is 0 Å². The average Bonchev–Trinajstić information content (AvgIpc) is 2.56. The molecular formula is C16H24N2S. The fourth-order valence-corrected chi connectivity index (χ4v) is 3.01. The highest BCUT2D eigenvalue weighted by molar-refractivity contribution is 7.80. The van der Waals surface area contributed by atoms with Crippen molar-refractivity contribution in [3.05, 3.63) is 29.3 Å². The molecule has 1 aromatic rings. The van der Waals surface area contributed by atoms with Crippen LogP contribution in [0, 0.1) is 12.8 Å². The molecule has 0 amide bonds. The Morgan fingerprint density at radius 1 is 1.26 bits per heavy atom. The van der Waals surface area contributed by atoms with Gasteiger partial charge in [-0.2, -0.15) is 0 Å². The molecule has 0 bridgehead atoms. The molecule has 0 aromatic heterocycles. The van der Waals surface area contributed by atoms with Crippen LogP contribution in [-0.2, 0) is 0 Å². The second-order valence-electron chi connectivity index (χ2n) is 5.87. The van der Waals surface area contributed by atoms with Crippen LogP contribution in [-0.4, -0.2) is 11.0 Å². The Morgan fingerprint density at radius 2 is 2.05 bits per heavy atom. The molecule has 1 saturated carbocycles. The summed E-state index contributed by atoms with van der Waals surface area (Å²) in [5.41, 5.74) is 9.10. The molecule has 0 spiro atoms. The molecule has 0 aliphatic heterocycles. The number of thiocarbonyl (C=S) groups is 1. The molecule has 1 aliphatic carbocycles. The number of hydrogen-bond acceptors (Lipinski definition) is 2. The lowest BCUT2D eigenvalue weighted by atomic mass is 10.0. The molecule has 2 nitrogen and oxygen atoms in total. The SMILES string of the molecule is Cc1ccc(NC2CCCC(C)CC2)c(C(N)=S)c1. The normalized spacial score (nSPS) is 23.7. The molecule has 1 aliphatic rings. The van der Waals surface area contributed by atoms with Gasteiger partial charge >= 0.3 is 0 Å².